The fraction of sp³-hybridized carbons (Fsp3) is 0.0714. The standard InChI is InChI=1S/C14H13FN2OS/c15-10-4-6-12(7-5-10)17-14(18)9-19-13-3-1-2-11(16)8-13/h1-8H,9,16H2,(H,17,18). The number of hydrogen-bond acceptors (Lipinski definition) is 3. The van der Waals surface area contributed by atoms with Crippen molar-refractivity contribution in [2.45, 2.75) is 4.90 Å². The molecule has 3 N–H and O–H groups in total. The molecule has 3 nitrogen and oxygen atoms in total. The van der Waals surface area contributed by atoms with Crippen LogP contribution in [0.2, 0.25) is 0 Å². The fourth-order valence-corrected chi connectivity index (χ4v) is 2.25. The zero-order chi connectivity index (χ0) is 13.7. The van der Waals surface area contributed by atoms with Crippen LogP contribution in [0.25, 0.3) is 0 Å². The molecule has 19 heavy (non-hydrogen) atoms. The number of nitrogens with one attached hydrogen (secondary N) is 1. The highest BCUT2D eigenvalue weighted by molar-refractivity contribution is 8.00. The fourth-order valence-electron chi connectivity index (χ4n) is 1.48. The second-order valence-corrected chi connectivity index (χ2v) is 4.96. The molecule has 0 aliphatic heterocycles. The molecule has 0 heterocycles. The van der Waals surface area contributed by atoms with E-state index in [1.165, 1.54) is 36.0 Å². The molecular weight excluding hydrogens is 263 g/mol. The third-order valence-corrected chi connectivity index (χ3v) is 3.35. The van der Waals surface area contributed by atoms with Crippen molar-refractivity contribution in [2.24, 2.45) is 0 Å². The molecule has 0 spiro atoms. The zero-order valence-corrected chi connectivity index (χ0v) is 10.9. The molecular formula is C14H13FN2OS. The van der Waals surface area contributed by atoms with Gasteiger partial charge in [0, 0.05) is 16.3 Å². The second kappa shape index (κ2) is 6.24. The van der Waals surface area contributed by atoms with Gasteiger partial charge in [-0.3, -0.25) is 4.79 Å². The minimum Gasteiger partial charge on any atom is -0.399 e. The summed E-state index contributed by atoms with van der Waals surface area (Å²) in [5, 5.41) is 2.70. The van der Waals surface area contributed by atoms with E-state index in [2.05, 4.69) is 5.32 Å². The summed E-state index contributed by atoms with van der Waals surface area (Å²) in [7, 11) is 0. The van der Waals surface area contributed by atoms with E-state index in [1.54, 1.807) is 6.07 Å². The lowest BCUT2D eigenvalue weighted by Crippen LogP contribution is -2.13. The van der Waals surface area contributed by atoms with Gasteiger partial charge in [-0.1, -0.05) is 6.07 Å². The molecule has 0 saturated carbocycles. The summed E-state index contributed by atoms with van der Waals surface area (Å²) in [6.45, 7) is 0. The summed E-state index contributed by atoms with van der Waals surface area (Å²) in [4.78, 5) is 12.6. The van der Waals surface area contributed by atoms with Crippen molar-refractivity contribution >= 4 is 29.0 Å². The Balaban J connectivity index is 1.86. The van der Waals surface area contributed by atoms with Gasteiger partial charge in [-0.15, -0.1) is 11.8 Å². The van der Waals surface area contributed by atoms with Gasteiger partial charge in [-0.2, -0.15) is 0 Å². The summed E-state index contributed by atoms with van der Waals surface area (Å²) >= 11 is 1.40. The highest BCUT2D eigenvalue weighted by Crippen LogP contribution is 2.20. The molecule has 0 unspecified atom stereocenters. The summed E-state index contributed by atoms with van der Waals surface area (Å²) in [5.74, 6) is -0.188. The number of rotatable bonds is 4. The van der Waals surface area contributed by atoms with Gasteiger partial charge >= 0.3 is 0 Å². The molecule has 0 saturated heterocycles. The maximum absolute atomic E-state index is 12.7. The van der Waals surface area contributed by atoms with Crippen LogP contribution in [0.3, 0.4) is 0 Å². The molecule has 0 fully saturated rings. The van der Waals surface area contributed by atoms with Crippen LogP contribution in [0, 0.1) is 5.82 Å². The van der Waals surface area contributed by atoms with Crippen LogP contribution in [0.5, 0.6) is 0 Å². The highest BCUT2D eigenvalue weighted by atomic mass is 32.2. The Morgan fingerprint density at radius 2 is 1.95 bits per heavy atom. The topological polar surface area (TPSA) is 55.1 Å². The molecule has 0 bridgehead atoms. The van der Waals surface area contributed by atoms with Gasteiger partial charge in [0.15, 0.2) is 0 Å². The van der Waals surface area contributed by atoms with E-state index in [1.807, 2.05) is 18.2 Å². The molecule has 0 aliphatic rings. The van der Waals surface area contributed by atoms with Crippen molar-refractivity contribution in [3.63, 3.8) is 0 Å². The van der Waals surface area contributed by atoms with Gasteiger partial charge in [0.1, 0.15) is 5.82 Å². The van der Waals surface area contributed by atoms with Crippen molar-refractivity contribution in [2.75, 3.05) is 16.8 Å². The van der Waals surface area contributed by atoms with E-state index >= 15 is 0 Å². The number of nitrogens with two attached hydrogens (primary N) is 1. The third kappa shape index (κ3) is 4.30. The van der Waals surface area contributed by atoms with E-state index in [9.17, 15) is 9.18 Å². The minimum absolute atomic E-state index is 0.140. The van der Waals surface area contributed by atoms with Crippen LogP contribution in [0.15, 0.2) is 53.4 Å². The number of benzene rings is 2. The molecule has 98 valence electrons. The van der Waals surface area contributed by atoms with E-state index in [4.69, 9.17) is 5.73 Å². The monoisotopic (exact) mass is 276 g/mol. The van der Waals surface area contributed by atoms with Crippen molar-refractivity contribution in [3.05, 3.63) is 54.3 Å². The number of thioether (sulfide) groups is 1. The normalized spacial score (nSPS) is 10.2. The molecule has 0 radical (unpaired) electrons. The lowest BCUT2D eigenvalue weighted by atomic mass is 10.3. The number of hydrogen-bond donors (Lipinski definition) is 2. The van der Waals surface area contributed by atoms with Crippen molar-refractivity contribution in [1.29, 1.82) is 0 Å². The van der Waals surface area contributed by atoms with Gasteiger partial charge in [0.25, 0.3) is 0 Å². The average Bonchev–Trinajstić information content (AvgIpc) is 2.39. The molecule has 2 aromatic rings. The van der Waals surface area contributed by atoms with Crippen molar-refractivity contribution < 1.29 is 9.18 Å². The molecule has 0 aliphatic carbocycles. The first-order valence-corrected chi connectivity index (χ1v) is 6.66. The average molecular weight is 276 g/mol. The highest BCUT2D eigenvalue weighted by Gasteiger charge is 2.04. The third-order valence-electron chi connectivity index (χ3n) is 2.36. The maximum atomic E-state index is 12.7. The smallest absolute Gasteiger partial charge is 0.234 e. The van der Waals surface area contributed by atoms with Gasteiger partial charge in [0.05, 0.1) is 5.75 Å². The number of nitrogen functional groups attached to an aromatic ring is 1. The lowest BCUT2D eigenvalue weighted by Gasteiger charge is -2.05. The molecule has 1 amide bonds. The summed E-state index contributed by atoms with van der Waals surface area (Å²) in [5.41, 5.74) is 6.91. The van der Waals surface area contributed by atoms with E-state index < -0.39 is 0 Å². The second-order valence-electron chi connectivity index (χ2n) is 3.92. The Morgan fingerprint density at radius 3 is 2.63 bits per heavy atom. The summed E-state index contributed by atoms with van der Waals surface area (Å²) < 4.78 is 12.7. The SMILES string of the molecule is Nc1cccc(SCC(=O)Nc2ccc(F)cc2)c1. The predicted molar refractivity (Wildman–Crippen MR) is 76.6 cm³/mol. The molecule has 0 atom stereocenters. The van der Waals surface area contributed by atoms with Gasteiger partial charge in [-0.25, -0.2) is 4.39 Å². The summed E-state index contributed by atoms with van der Waals surface area (Å²) in [6, 6.07) is 13.0. The Labute approximate surface area is 115 Å². The van der Waals surface area contributed by atoms with Gasteiger partial charge < -0.3 is 11.1 Å². The van der Waals surface area contributed by atoms with Gasteiger partial charge in [-0.05, 0) is 42.5 Å². The predicted octanol–water partition coefficient (Wildman–Crippen LogP) is 3.14. The van der Waals surface area contributed by atoms with E-state index in [-0.39, 0.29) is 17.5 Å². The summed E-state index contributed by atoms with van der Waals surface area (Å²) in [6.07, 6.45) is 0. The first-order chi connectivity index (χ1) is 9.13. The first-order valence-electron chi connectivity index (χ1n) is 5.67. The number of carbonyl (C=O) groups is 1. The minimum atomic E-state index is -0.327. The zero-order valence-electron chi connectivity index (χ0n) is 10.1. The van der Waals surface area contributed by atoms with Crippen LogP contribution in [-0.2, 0) is 4.79 Å². The van der Waals surface area contributed by atoms with E-state index in [0.29, 0.717) is 11.4 Å². The Hall–Kier alpha value is -2.01. The Kier molecular flexibility index (Phi) is 4.41. The number of amides is 1. The van der Waals surface area contributed by atoms with E-state index in [0.717, 1.165) is 4.90 Å². The van der Waals surface area contributed by atoms with Crippen LogP contribution in [0.1, 0.15) is 0 Å². The quantitative estimate of drug-likeness (QED) is 0.666. The largest absolute Gasteiger partial charge is 0.399 e. The number of halogens is 1. The first kappa shape index (κ1) is 13.4. The van der Waals surface area contributed by atoms with Crippen molar-refractivity contribution in [3.8, 4) is 0 Å². The lowest BCUT2D eigenvalue weighted by molar-refractivity contribution is -0.113. The molecule has 2 rings (SSSR count). The number of anilines is 2. The number of carbonyl (C=O) groups excluding carboxylic acids is 1. The van der Waals surface area contributed by atoms with Crippen LogP contribution >= 0.6 is 11.8 Å². The molecule has 2 aromatic carbocycles. The molecule has 5 heteroatoms. The Bertz CT molecular complexity index is 572. The van der Waals surface area contributed by atoms with Crippen molar-refractivity contribution in [1.82, 2.24) is 0 Å². The Morgan fingerprint density at radius 1 is 1.21 bits per heavy atom. The maximum Gasteiger partial charge on any atom is 0.234 e. The van der Waals surface area contributed by atoms with Crippen LogP contribution < -0.4 is 11.1 Å². The molecule has 0 aromatic heterocycles. The van der Waals surface area contributed by atoms with Crippen LogP contribution in [0.4, 0.5) is 15.8 Å². The van der Waals surface area contributed by atoms with Gasteiger partial charge in [0.2, 0.25) is 5.91 Å². The van der Waals surface area contributed by atoms with Crippen LogP contribution in [-0.4, -0.2) is 11.7 Å².